The average molecular weight is 320 g/mol. The molecule has 0 radical (unpaired) electrons. The van der Waals surface area contributed by atoms with E-state index in [4.69, 9.17) is 23.1 Å². The zero-order valence-corrected chi connectivity index (χ0v) is 12.2. The van der Waals surface area contributed by atoms with Crippen LogP contribution in [0.1, 0.15) is 20.8 Å². The van der Waals surface area contributed by atoms with Crippen LogP contribution in [0.5, 0.6) is 0 Å². The third kappa shape index (κ3) is 3.99. The van der Waals surface area contributed by atoms with Crippen LogP contribution in [0.4, 0.5) is 9.80 Å². The number of halogens is 1. The molecule has 0 aliphatic rings. The van der Waals surface area contributed by atoms with Gasteiger partial charge in [-0.3, -0.25) is 10.1 Å². The molecule has 21 heavy (non-hydrogen) atoms. The number of primary amides is 2. The van der Waals surface area contributed by atoms with Crippen molar-refractivity contribution in [3.05, 3.63) is 51.4 Å². The minimum absolute atomic E-state index is 0.180. The van der Waals surface area contributed by atoms with Crippen LogP contribution >= 0.6 is 22.9 Å². The Morgan fingerprint density at radius 1 is 1.14 bits per heavy atom. The maximum atomic E-state index is 11.3. The number of nitrogens with two attached hydrogens (primary N) is 2. The minimum Gasteiger partial charge on any atom is -0.366 e. The second kappa shape index (κ2) is 6.31. The van der Waals surface area contributed by atoms with Gasteiger partial charge in [0.1, 0.15) is 5.00 Å². The normalized spacial score (nSPS) is 9.57. The van der Waals surface area contributed by atoms with Crippen LogP contribution in [-0.4, -0.2) is 11.9 Å². The molecule has 0 saturated heterocycles. The molecule has 1 aromatic carbocycles. The summed E-state index contributed by atoms with van der Waals surface area (Å²) in [4.78, 5) is 22.8. The maximum Gasteiger partial charge on any atom is 0.317 e. The topological polar surface area (TPSA) is 98.2 Å². The van der Waals surface area contributed by atoms with Gasteiger partial charge in [-0.1, -0.05) is 23.4 Å². The first-order valence-corrected chi connectivity index (χ1v) is 6.93. The second-order valence-corrected chi connectivity index (χ2v) is 5.45. The van der Waals surface area contributed by atoms with Gasteiger partial charge in [0.15, 0.2) is 0 Å². The molecule has 2 aromatic rings. The Hall–Kier alpha value is -2.49. The maximum absolute atomic E-state index is 11.3. The molecule has 0 bridgehead atoms. The minimum atomic E-state index is -0.767. The van der Waals surface area contributed by atoms with Crippen molar-refractivity contribution in [3.8, 4) is 11.8 Å². The van der Waals surface area contributed by atoms with E-state index < -0.39 is 11.9 Å². The van der Waals surface area contributed by atoms with E-state index in [1.54, 1.807) is 24.3 Å². The number of carbonyl (C=O) groups is 2. The highest BCUT2D eigenvalue weighted by Gasteiger charge is 2.14. The predicted octanol–water partition coefficient (Wildman–Crippen LogP) is 2.39. The fraction of sp³-hybridized carbons (Fsp3) is 0. The molecule has 3 amide bonds. The zero-order chi connectivity index (χ0) is 15.4. The lowest BCUT2D eigenvalue weighted by Gasteiger charge is -1.98. The van der Waals surface area contributed by atoms with Crippen LogP contribution in [0.25, 0.3) is 0 Å². The lowest BCUT2D eigenvalue weighted by Crippen LogP contribution is -2.21. The summed E-state index contributed by atoms with van der Waals surface area (Å²) in [6.45, 7) is 0. The first kappa shape index (κ1) is 14.9. The molecule has 1 aromatic heterocycles. The summed E-state index contributed by atoms with van der Waals surface area (Å²) in [5.41, 5.74) is 11.2. The standard InChI is InChI=1S/C14H10ClN3O2S/c15-9-4-1-8(2-5-9)3-6-10-7-11(12(16)19)13(21-10)18-14(17)20/h1-2,4-5,7H,(H2,16,19)(H3,17,18,20). The van der Waals surface area contributed by atoms with Crippen LogP contribution in [0.2, 0.25) is 5.02 Å². The number of benzene rings is 1. The molecule has 5 nitrogen and oxygen atoms in total. The number of nitrogens with one attached hydrogen (secondary N) is 1. The van der Waals surface area contributed by atoms with Crippen molar-refractivity contribution in [2.24, 2.45) is 11.5 Å². The van der Waals surface area contributed by atoms with E-state index in [9.17, 15) is 9.59 Å². The van der Waals surface area contributed by atoms with Gasteiger partial charge in [0, 0.05) is 10.6 Å². The molecule has 106 valence electrons. The molecule has 7 heteroatoms. The number of thiophene rings is 1. The van der Waals surface area contributed by atoms with Gasteiger partial charge in [-0.15, -0.1) is 11.3 Å². The smallest absolute Gasteiger partial charge is 0.317 e. The quantitative estimate of drug-likeness (QED) is 0.741. The van der Waals surface area contributed by atoms with E-state index >= 15 is 0 Å². The van der Waals surface area contributed by atoms with Crippen LogP contribution in [0, 0.1) is 11.8 Å². The van der Waals surface area contributed by atoms with Crippen molar-refractivity contribution < 1.29 is 9.59 Å². The third-order valence-corrected chi connectivity index (χ3v) is 3.63. The van der Waals surface area contributed by atoms with Crippen LogP contribution < -0.4 is 16.8 Å². The highest BCUT2D eigenvalue weighted by atomic mass is 35.5. The number of carbonyl (C=O) groups excluding carboxylic acids is 2. The van der Waals surface area contributed by atoms with Gasteiger partial charge >= 0.3 is 6.03 Å². The van der Waals surface area contributed by atoms with Crippen molar-refractivity contribution in [2.45, 2.75) is 0 Å². The SMILES string of the molecule is NC(=O)Nc1sc(C#Cc2ccc(Cl)cc2)cc1C(N)=O. The number of hydrogen-bond acceptors (Lipinski definition) is 3. The lowest BCUT2D eigenvalue weighted by atomic mass is 10.2. The Morgan fingerprint density at radius 3 is 2.38 bits per heavy atom. The van der Waals surface area contributed by atoms with Gasteiger partial charge in [-0.05, 0) is 30.3 Å². The molecule has 5 N–H and O–H groups in total. The van der Waals surface area contributed by atoms with E-state index in [1.165, 1.54) is 6.07 Å². The Morgan fingerprint density at radius 2 is 1.81 bits per heavy atom. The summed E-state index contributed by atoms with van der Waals surface area (Å²) in [7, 11) is 0. The van der Waals surface area contributed by atoms with E-state index in [0.29, 0.717) is 9.90 Å². The first-order chi connectivity index (χ1) is 9.95. The van der Waals surface area contributed by atoms with Crippen LogP contribution in [-0.2, 0) is 0 Å². The Bertz CT molecular complexity index is 757. The molecule has 0 unspecified atom stereocenters. The number of urea groups is 1. The molecular formula is C14H10ClN3O2S. The molecule has 1 heterocycles. The largest absolute Gasteiger partial charge is 0.366 e. The van der Waals surface area contributed by atoms with Gasteiger partial charge in [0.25, 0.3) is 5.91 Å². The molecule has 0 aliphatic carbocycles. The molecular weight excluding hydrogens is 310 g/mol. The van der Waals surface area contributed by atoms with Gasteiger partial charge < -0.3 is 11.5 Å². The highest BCUT2D eigenvalue weighted by Crippen LogP contribution is 2.27. The molecule has 2 rings (SSSR count). The van der Waals surface area contributed by atoms with E-state index in [1.807, 2.05) is 0 Å². The molecule has 0 saturated carbocycles. The number of anilines is 1. The van der Waals surface area contributed by atoms with Crippen LogP contribution in [0.3, 0.4) is 0 Å². The second-order valence-electron chi connectivity index (χ2n) is 3.96. The van der Waals surface area contributed by atoms with E-state index in [2.05, 4.69) is 17.2 Å². The van der Waals surface area contributed by atoms with Crippen LogP contribution in [0.15, 0.2) is 30.3 Å². The summed E-state index contributed by atoms with van der Waals surface area (Å²) in [5, 5.41) is 3.27. The Kier molecular flexibility index (Phi) is 4.48. The first-order valence-electron chi connectivity index (χ1n) is 5.73. The fourth-order valence-electron chi connectivity index (χ4n) is 1.51. The summed E-state index contributed by atoms with van der Waals surface area (Å²) in [6.07, 6.45) is 0. The molecule has 0 aliphatic heterocycles. The van der Waals surface area contributed by atoms with Crippen molar-refractivity contribution in [1.29, 1.82) is 0 Å². The van der Waals surface area contributed by atoms with Gasteiger partial charge in [0.2, 0.25) is 0 Å². The number of amides is 3. The van der Waals surface area contributed by atoms with Crippen molar-refractivity contribution in [2.75, 3.05) is 5.32 Å². The van der Waals surface area contributed by atoms with Crippen molar-refractivity contribution in [3.63, 3.8) is 0 Å². The highest BCUT2D eigenvalue weighted by molar-refractivity contribution is 7.17. The molecule has 0 atom stereocenters. The predicted molar refractivity (Wildman–Crippen MR) is 83.5 cm³/mol. The number of hydrogen-bond donors (Lipinski definition) is 3. The monoisotopic (exact) mass is 319 g/mol. The molecule has 0 fully saturated rings. The van der Waals surface area contributed by atoms with Gasteiger partial charge in [-0.25, -0.2) is 4.79 Å². The van der Waals surface area contributed by atoms with Crippen molar-refractivity contribution >= 4 is 39.9 Å². The summed E-state index contributed by atoms with van der Waals surface area (Å²) >= 11 is 6.91. The number of rotatable bonds is 2. The van der Waals surface area contributed by atoms with Gasteiger partial charge in [0.05, 0.1) is 10.4 Å². The average Bonchev–Trinajstić information content (AvgIpc) is 2.80. The Labute approximate surface area is 129 Å². The summed E-state index contributed by atoms with van der Waals surface area (Å²) in [5.74, 6) is 5.16. The van der Waals surface area contributed by atoms with Crippen molar-refractivity contribution in [1.82, 2.24) is 0 Å². The fourth-order valence-corrected chi connectivity index (χ4v) is 2.55. The summed E-state index contributed by atoms with van der Waals surface area (Å²) < 4.78 is 0. The van der Waals surface area contributed by atoms with E-state index in [-0.39, 0.29) is 10.6 Å². The lowest BCUT2D eigenvalue weighted by molar-refractivity contribution is 0.100. The molecule has 0 spiro atoms. The summed E-state index contributed by atoms with van der Waals surface area (Å²) in [6, 6.07) is 7.77. The third-order valence-electron chi connectivity index (χ3n) is 2.41. The zero-order valence-electron chi connectivity index (χ0n) is 10.6. The van der Waals surface area contributed by atoms with Gasteiger partial charge in [-0.2, -0.15) is 0 Å². The van der Waals surface area contributed by atoms with E-state index in [0.717, 1.165) is 16.9 Å². The Balaban J connectivity index is 2.31.